The molecule has 0 aliphatic carbocycles. The zero-order chi connectivity index (χ0) is 14.5. The topological polar surface area (TPSA) is 58.4 Å². The van der Waals surface area contributed by atoms with Crippen molar-refractivity contribution in [1.82, 2.24) is 10.3 Å². The average Bonchev–Trinajstić information content (AvgIpc) is 2.46. The first kappa shape index (κ1) is 14.2. The van der Waals surface area contributed by atoms with Gasteiger partial charge in [-0.3, -0.25) is 10.2 Å². The zero-order valence-electron chi connectivity index (χ0n) is 11.8. The first-order valence-corrected chi connectivity index (χ1v) is 6.45. The highest BCUT2D eigenvalue weighted by molar-refractivity contribution is 5.95. The number of nitrogens with one attached hydrogen (secondary N) is 1. The maximum atomic E-state index is 11.6. The molecule has 0 bridgehead atoms. The van der Waals surface area contributed by atoms with E-state index in [1.165, 1.54) is 5.56 Å². The summed E-state index contributed by atoms with van der Waals surface area (Å²) in [5.41, 5.74) is 6.05. The molecule has 2 aromatic carbocycles. The zero-order valence-corrected chi connectivity index (χ0v) is 11.8. The van der Waals surface area contributed by atoms with Gasteiger partial charge in [0.2, 0.25) is 0 Å². The van der Waals surface area contributed by atoms with Gasteiger partial charge in [-0.05, 0) is 49.0 Å². The fourth-order valence-electron chi connectivity index (χ4n) is 2.14. The third-order valence-corrected chi connectivity index (χ3v) is 3.01. The number of carbonyl (C=O) groups is 1. The van der Waals surface area contributed by atoms with Crippen molar-refractivity contribution in [2.24, 2.45) is 5.84 Å². The second kappa shape index (κ2) is 6.32. The van der Waals surface area contributed by atoms with Crippen LogP contribution in [0, 0.1) is 0 Å². The number of carbonyl (C=O) groups excluding carboxylic acids is 1. The predicted molar refractivity (Wildman–Crippen MR) is 80.9 cm³/mol. The smallest absolute Gasteiger partial charge is 0.265 e. The summed E-state index contributed by atoms with van der Waals surface area (Å²) in [6.07, 6.45) is 0. The van der Waals surface area contributed by atoms with E-state index in [0.717, 1.165) is 17.7 Å². The number of benzene rings is 2. The summed E-state index contributed by atoms with van der Waals surface area (Å²) < 4.78 is 0. The maximum Gasteiger partial charge on any atom is 0.265 e. The number of amides is 1. The lowest BCUT2D eigenvalue weighted by Crippen LogP contribution is -2.29. The van der Waals surface area contributed by atoms with E-state index in [4.69, 9.17) is 5.84 Å². The molecule has 4 nitrogen and oxygen atoms in total. The largest absolute Gasteiger partial charge is 0.305 e. The Labute approximate surface area is 119 Å². The fraction of sp³-hybridized carbons (Fsp3) is 0.188. The van der Waals surface area contributed by atoms with Crippen LogP contribution < -0.4 is 11.3 Å². The molecule has 0 aromatic heterocycles. The van der Waals surface area contributed by atoms with Gasteiger partial charge in [0, 0.05) is 12.1 Å². The number of nitrogen functional groups attached to an aromatic ring is 1. The molecule has 3 N–H and O–H groups in total. The summed E-state index contributed by atoms with van der Waals surface area (Å²) >= 11 is 0. The van der Waals surface area contributed by atoms with Crippen molar-refractivity contribution < 1.29 is 4.79 Å². The Bertz CT molecular complexity index is 608. The van der Waals surface area contributed by atoms with Crippen LogP contribution in [0.25, 0.3) is 11.1 Å². The van der Waals surface area contributed by atoms with E-state index in [0.29, 0.717) is 5.56 Å². The van der Waals surface area contributed by atoms with E-state index in [1.807, 2.05) is 44.4 Å². The molecule has 4 heteroatoms. The Kier molecular flexibility index (Phi) is 4.50. The number of nitrogens with zero attached hydrogens (tertiary/aromatic N) is 1. The number of nitrogens with two attached hydrogens (primary N) is 1. The van der Waals surface area contributed by atoms with Gasteiger partial charge in [0.25, 0.3) is 5.91 Å². The van der Waals surface area contributed by atoms with Crippen molar-refractivity contribution in [3.8, 4) is 11.1 Å². The molecule has 0 saturated heterocycles. The summed E-state index contributed by atoms with van der Waals surface area (Å²) in [5, 5.41) is 0. The quantitative estimate of drug-likeness (QED) is 0.507. The number of rotatable bonds is 4. The third-order valence-electron chi connectivity index (χ3n) is 3.01. The average molecular weight is 269 g/mol. The molecule has 0 fully saturated rings. The van der Waals surface area contributed by atoms with Crippen molar-refractivity contribution in [3.05, 3.63) is 59.7 Å². The first-order chi connectivity index (χ1) is 9.60. The van der Waals surface area contributed by atoms with Gasteiger partial charge in [-0.2, -0.15) is 0 Å². The molecule has 0 radical (unpaired) electrons. The van der Waals surface area contributed by atoms with E-state index in [9.17, 15) is 4.79 Å². The Morgan fingerprint density at radius 3 is 2.40 bits per heavy atom. The lowest BCUT2D eigenvalue weighted by Gasteiger charge is -2.11. The summed E-state index contributed by atoms with van der Waals surface area (Å²) in [7, 11) is 4.08. The van der Waals surface area contributed by atoms with Gasteiger partial charge in [0.05, 0.1) is 0 Å². The monoisotopic (exact) mass is 269 g/mol. The van der Waals surface area contributed by atoms with E-state index < -0.39 is 0 Å². The van der Waals surface area contributed by atoms with Gasteiger partial charge >= 0.3 is 0 Å². The summed E-state index contributed by atoms with van der Waals surface area (Å²) in [6, 6.07) is 15.7. The lowest BCUT2D eigenvalue weighted by atomic mass is 10.0. The van der Waals surface area contributed by atoms with Gasteiger partial charge in [-0.1, -0.05) is 30.3 Å². The first-order valence-electron chi connectivity index (χ1n) is 6.45. The van der Waals surface area contributed by atoms with Gasteiger partial charge in [0.1, 0.15) is 0 Å². The number of hydrazine groups is 1. The summed E-state index contributed by atoms with van der Waals surface area (Å²) in [5.74, 6) is 4.89. The van der Waals surface area contributed by atoms with E-state index in [2.05, 4.69) is 22.5 Å². The highest BCUT2D eigenvalue weighted by atomic mass is 16.2. The van der Waals surface area contributed by atoms with Gasteiger partial charge in [-0.15, -0.1) is 0 Å². The Balaban J connectivity index is 2.34. The minimum absolute atomic E-state index is 0.281. The van der Waals surface area contributed by atoms with Crippen LogP contribution in [-0.4, -0.2) is 24.9 Å². The van der Waals surface area contributed by atoms with Crippen molar-refractivity contribution in [3.63, 3.8) is 0 Å². The van der Waals surface area contributed by atoms with Crippen LogP contribution in [0.15, 0.2) is 48.5 Å². The molecule has 0 spiro atoms. The second-order valence-corrected chi connectivity index (χ2v) is 4.99. The maximum absolute atomic E-state index is 11.6. The highest BCUT2D eigenvalue weighted by Gasteiger charge is 2.06. The highest BCUT2D eigenvalue weighted by Crippen LogP contribution is 2.22. The SMILES string of the molecule is CN(C)Cc1cccc(-c2cccc(C(=O)NN)c2)c1. The molecule has 2 rings (SSSR count). The van der Waals surface area contributed by atoms with Crippen LogP contribution >= 0.6 is 0 Å². The molecule has 2 aromatic rings. The van der Waals surface area contributed by atoms with Crippen molar-refractivity contribution in [2.75, 3.05) is 14.1 Å². The van der Waals surface area contributed by atoms with Gasteiger partial charge < -0.3 is 4.90 Å². The van der Waals surface area contributed by atoms with Crippen LogP contribution in [0.3, 0.4) is 0 Å². The van der Waals surface area contributed by atoms with Crippen molar-refractivity contribution in [1.29, 1.82) is 0 Å². The van der Waals surface area contributed by atoms with Crippen LogP contribution in [0.4, 0.5) is 0 Å². The van der Waals surface area contributed by atoms with E-state index in [1.54, 1.807) is 6.07 Å². The molecule has 0 aliphatic heterocycles. The molecule has 0 heterocycles. The van der Waals surface area contributed by atoms with E-state index >= 15 is 0 Å². The van der Waals surface area contributed by atoms with Gasteiger partial charge in [-0.25, -0.2) is 5.84 Å². The molecule has 0 saturated carbocycles. The van der Waals surface area contributed by atoms with E-state index in [-0.39, 0.29) is 5.91 Å². The minimum atomic E-state index is -0.281. The molecule has 0 unspecified atom stereocenters. The standard InChI is InChI=1S/C16H19N3O/c1-19(2)11-12-5-3-6-13(9-12)14-7-4-8-15(10-14)16(20)18-17/h3-10H,11,17H2,1-2H3,(H,18,20). The summed E-state index contributed by atoms with van der Waals surface area (Å²) in [6.45, 7) is 0.886. The van der Waals surface area contributed by atoms with Crippen molar-refractivity contribution in [2.45, 2.75) is 6.54 Å². The fourth-order valence-corrected chi connectivity index (χ4v) is 2.14. The molecule has 1 amide bonds. The third kappa shape index (κ3) is 3.44. The molecular formula is C16H19N3O. The number of hydrogen-bond donors (Lipinski definition) is 2. The molecule has 20 heavy (non-hydrogen) atoms. The molecular weight excluding hydrogens is 250 g/mol. The van der Waals surface area contributed by atoms with Crippen LogP contribution in [0.1, 0.15) is 15.9 Å². The Morgan fingerprint density at radius 1 is 1.10 bits per heavy atom. The van der Waals surface area contributed by atoms with Crippen molar-refractivity contribution >= 4 is 5.91 Å². The van der Waals surface area contributed by atoms with Crippen LogP contribution in [-0.2, 0) is 6.54 Å². The normalized spacial score (nSPS) is 10.6. The predicted octanol–water partition coefficient (Wildman–Crippen LogP) is 2.02. The Morgan fingerprint density at radius 2 is 1.75 bits per heavy atom. The molecule has 0 atom stereocenters. The number of hydrogen-bond acceptors (Lipinski definition) is 3. The molecule has 0 aliphatic rings. The second-order valence-electron chi connectivity index (χ2n) is 4.99. The van der Waals surface area contributed by atoms with Gasteiger partial charge in [0.15, 0.2) is 0 Å². The Hall–Kier alpha value is -2.17. The van der Waals surface area contributed by atoms with Crippen LogP contribution in [0.2, 0.25) is 0 Å². The lowest BCUT2D eigenvalue weighted by molar-refractivity contribution is 0.0953. The molecule has 104 valence electrons. The summed E-state index contributed by atoms with van der Waals surface area (Å²) in [4.78, 5) is 13.7. The van der Waals surface area contributed by atoms with Crippen LogP contribution in [0.5, 0.6) is 0 Å². The minimum Gasteiger partial charge on any atom is -0.305 e.